The molecule has 2 aliphatic heterocycles. The number of hydrogen-bond donors (Lipinski definition) is 0. The van der Waals surface area contributed by atoms with Crippen molar-refractivity contribution < 1.29 is 4.79 Å². The van der Waals surface area contributed by atoms with E-state index < -0.39 is 0 Å². The highest BCUT2D eigenvalue weighted by Crippen LogP contribution is 2.32. The quantitative estimate of drug-likeness (QED) is 0.734. The number of amides is 1. The van der Waals surface area contributed by atoms with Crippen molar-refractivity contribution >= 4 is 5.91 Å². The minimum atomic E-state index is 0.149. The largest absolute Gasteiger partial charge is 0.339 e. The van der Waals surface area contributed by atoms with Gasteiger partial charge in [0.25, 0.3) is 0 Å². The van der Waals surface area contributed by atoms with Crippen LogP contribution in [0.25, 0.3) is 0 Å². The molecule has 1 aromatic carbocycles. The Morgan fingerprint density at radius 3 is 2.73 bits per heavy atom. The molecular weight excluding hydrogens is 322 g/mol. The number of hydrogen-bond acceptors (Lipinski definition) is 3. The summed E-state index contributed by atoms with van der Waals surface area (Å²) < 4.78 is 0. The van der Waals surface area contributed by atoms with Crippen molar-refractivity contribution in [2.24, 2.45) is 0 Å². The monoisotopic (exact) mass is 355 g/mol. The van der Waals surface area contributed by atoms with E-state index in [-0.39, 0.29) is 11.4 Å². The summed E-state index contributed by atoms with van der Waals surface area (Å²) in [6, 6.07) is 10.8. The number of carbonyl (C=O) groups is 1. The lowest BCUT2D eigenvalue weighted by Crippen LogP contribution is -2.61. The molecule has 3 rings (SSSR count). The number of carbonyl (C=O) groups excluding carboxylic acids is 1. The number of rotatable bonds is 6. The highest BCUT2D eigenvalue weighted by Gasteiger charge is 2.41. The van der Waals surface area contributed by atoms with Gasteiger partial charge in [0.05, 0.1) is 0 Å². The summed E-state index contributed by atoms with van der Waals surface area (Å²) in [5.41, 5.74) is 1.58. The fourth-order valence-electron chi connectivity index (χ4n) is 4.47. The van der Waals surface area contributed by atoms with Crippen LogP contribution in [0.5, 0.6) is 0 Å². The minimum absolute atomic E-state index is 0.149. The van der Waals surface area contributed by atoms with E-state index in [0.717, 1.165) is 52.0 Å². The lowest BCUT2D eigenvalue weighted by Gasteiger charge is -2.49. The molecule has 1 aromatic rings. The molecular formula is C22H33N3O. The molecule has 2 saturated heterocycles. The van der Waals surface area contributed by atoms with Crippen LogP contribution in [0.1, 0.15) is 31.2 Å². The van der Waals surface area contributed by atoms with Gasteiger partial charge < -0.3 is 9.80 Å². The van der Waals surface area contributed by atoms with Gasteiger partial charge in [0.15, 0.2) is 0 Å². The van der Waals surface area contributed by atoms with Crippen LogP contribution in [-0.4, -0.2) is 72.5 Å². The van der Waals surface area contributed by atoms with Crippen molar-refractivity contribution in [2.45, 2.75) is 37.6 Å². The molecule has 0 saturated carbocycles. The molecule has 1 atom stereocenters. The smallest absolute Gasteiger partial charge is 0.222 e. The molecule has 4 heteroatoms. The van der Waals surface area contributed by atoms with Crippen LogP contribution < -0.4 is 0 Å². The summed E-state index contributed by atoms with van der Waals surface area (Å²) in [6.45, 7) is 9.80. The predicted octanol–water partition coefficient (Wildman–Crippen LogP) is 2.80. The zero-order valence-corrected chi connectivity index (χ0v) is 16.2. The van der Waals surface area contributed by atoms with Crippen LogP contribution in [0, 0.1) is 0 Å². The maximum Gasteiger partial charge on any atom is 0.222 e. The molecule has 2 fully saturated rings. The summed E-state index contributed by atoms with van der Waals surface area (Å²) in [6.07, 6.45) is 6.90. The standard InChI is InChI=1S/C22H33N3O/c1-3-14-25-16-13-22(12-11-21(25)26)19-24(18-17-23(22)2)15-7-10-20-8-5-4-6-9-20/h3-6,8-9H,1,7,10-19H2,2H3. The van der Waals surface area contributed by atoms with E-state index in [1.807, 2.05) is 11.0 Å². The molecule has 1 unspecified atom stereocenters. The lowest BCUT2D eigenvalue weighted by molar-refractivity contribution is -0.130. The minimum Gasteiger partial charge on any atom is -0.339 e. The van der Waals surface area contributed by atoms with Gasteiger partial charge in [-0.05, 0) is 44.8 Å². The lowest BCUT2D eigenvalue weighted by atomic mass is 9.86. The van der Waals surface area contributed by atoms with Gasteiger partial charge in [0.1, 0.15) is 0 Å². The Morgan fingerprint density at radius 2 is 1.96 bits per heavy atom. The second kappa shape index (κ2) is 8.83. The average Bonchev–Trinajstić information content (AvgIpc) is 2.81. The Labute approximate surface area is 158 Å². The summed E-state index contributed by atoms with van der Waals surface area (Å²) in [4.78, 5) is 19.5. The van der Waals surface area contributed by atoms with Crippen LogP contribution in [0.4, 0.5) is 0 Å². The average molecular weight is 356 g/mol. The fraction of sp³-hybridized carbons (Fsp3) is 0.591. The number of piperazine rings is 1. The van der Waals surface area contributed by atoms with E-state index in [4.69, 9.17) is 0 Å². The summed E-state index contributed by atoms with van der Waals surface area (Å²) in [5.74, 6) is 0.288. The van der Waals surface area contributed by atoms with Crippen LogP contribution in [0.3, 0.4) is 0 Å². The highest BCUT2D eigenvalue weighted by molar-refractivity contribution is 5.76. The van der Waals surface area contributed by atoms with Crippen molar-refractivity contribution in [2.75, 3.05) is 46.3 Å². The molecule has 0 aromatic heterocycles. The van der Waals surface area contributed by atoms with E-state index in [1.54, 1.807) is 0 Å². The van der Waals surface area contributed by atoms with Crippen molar-refractivity contribution in [1.82, 2.24) is 14.7 Å². The number of likely N-dealkylation sites (N-methyl/N-ethyl adjacent to an activating group) is 1. The van der Waals surface area contributed by atoms with E-state index in [9.17, 15) is 4.79 Å². The molecule has 0 aliphatic carbocycles. The summed E-state index contributed by atoms with van der Waals surface area (Å²) >= 11 is 0. The van der Waals surface area contributed by atoms with Crippen LogP contribution in [0.2, 0.25) is 0 Å². The number of aryl methyl sites for hydroxylation is 1. The second-order valence-electron chi connectivity index (χ2n) is 7.89. The first-order valence-electron chi connectivity index (χ1n) is 9.99. The van der Waals surface area contributed by atoms with Crippen molar-refractivity contribution in [3.05, 3.63) is 48.6 Å². The molecule has 2 heterocycles. The van der Waals surface area contributed by atoms with Gasteiger partial charge in [-0.3, -0.25) is 9.69 Å². The first-order chi connectivity index (χ1) is 12.6. The van der Waals surface area contributed by atoms with Crippen molar-refractivity contribution in [1.29, 1.82) is 0 Å². The summed E-state index contributed by atoms with van der Waals surface area (Å²) in [5, 5.41) is 0. The molecule has 0 N–H and O–H groups in total. The molecule has 0 bridgehead atoms. The zero-order valence-electron chi connectivity index (χ0n) is 16.2. The van der Waals surface area contributed by atoms with Crippen LogP contribution >= 0.6 is 0 Å². The summed E-state index contributed by atoms with van der Waals surface area (Å²) in [7, 11) is 2.24. The molecule has 0 radical (unpaired) electrons. The SMILES string of the molecule is C=CCN1CCC2(CCC1=O)CN(CCCc1ccccc1)CCN2C. The van der Waals surface area contributed by atoms with Gasteiger partial charge in [-0.1, -0.05) is 36.4 Å². The normalized spacial score (nSPS) is 25.4. The topological polar surface area (TPSA) is 26.8 Å². The third-order valence-electron chi connectivity index (χ3n) is 6.22. The molecule has 1 amide bonds. The van der Waals surface area contributed by atoms with Gasteiger partial charge in [-0.15, -0.1) is 6.58 Å². The third-order valence-corrected chi connectivity index (χ3v) is 6.22. The molecule has 1 spiro atoms. The first-order valence-corrected chi connectivity index (χ1v) is 9.99. The maximum atomic E-state index is 12.4. The fourth-order valence-corrected chi connectivity index (χ4v) is 4.47. The van der Waals surface area contributed by atoms with Gasteiger partial charge in [0.2, 0.25) is 5.91 Å². The van der Waals surface area contributed by atoms with Crippen molar-refractivity contribution in [3.63, 3.8) is 0 Å². The molecule has 2 aliphatic rings. The predicted molar refractivity (Wildman–Crippen MR) is 107 cm³/mol. The third kappa shape index (κ3) is 4.54. The molecule has 26 heavy (non-hydrogen) atoms. The van der Waals surface area contributed by atoms with Crippen LogP contribution in [0.15, 0.2) is 43.0 Å². The van der Waals surface area contributed by atoms with E-state index >= 15 is 0 Å². The number of benzene rings is 1. The Morgan fingerprint density at radius 1 is 1.15 bits per heavy atom. The number of likely N-dealkylation sites (tertiary alicyclic amines) is 1. The van der Waals surface area contributed by atoms with E-state index in [0.29, 0.717) is 13.0 Å². The van der Waals surface area contributed by atoms with Crippen LogP contribution in [-0.2, 0) is 11.2 Å². The van der Waals surface area contributed by atoms with Gasteiger partial charge in [-0.2, -0.15) is 0 Å². The Bertz CT molecular complexity index is 603. The van der Waals surface area contributed by atoms with Gasteiger partial charge in [0, 0.05) is 44.7 Å². The zero-order chi connectivity index (χ0) is 18.4. The molecule has 4 nitrogen and oxygen atoms in total. The Kier molecular flexibility index (Phi) is 6.49. The van der Waals surface area contributed by atoms with Gasteiger partial charge >= 0.3 is 0 Å². The highest BCUT2D eigenvalue weighted by atomic mass is 16.2. The van der Waals surface area contributed by atoms with Gasteiger partial charge in [-0.25, -0.2) is 0 Å². The Hall–Kier alpha value is -1.65. The second-order valence-corrected chi connectivity index (χ2v) is 7.89. The number of nitrogens with zero attached hydrogens (tertiary/aromatic N) is 3. The van der Waals surface area contributed by atoms with E-state index in [2.05, 4.69) is 53.8 Å². The van der Waals surface area contributed by atoms with Crippen molar-refractivity contribution in [3.8, 4) is 0 Å². The Balaban J connectivity index is 1.57. The first kappa shape index (κ1) is 19.1. The van der Waals surface area contributed by atoms with E-state index in [1.165, 1.54) is 12.0 Å². The molecule has 142 valence electrons. The maximum absolute atomic E-state index is 12.4.